The number of pyridine rings is 1. The molecule has 7 nitrogen and oxygen atoms in total. The monoisotopic (exact) mass is 437 g/mol. The quantitative estimate of drug-likeness (QED) is 0.279. The summed E-state index contributed by atoms with van der Waals surface area (Å²) in [6.07, 6.45) is 2.63. The van der Waals surface area contributed by atoms with Crippen LogP contribution < -0.4 is 4.74 Å². The summed E-state index contributed by atoms with van der Waals surface area (Å²) in [6, 6.07) is 12.1. The molecule has 0 unspecified atom stereocenters. The van der Waals surface area contributed by atoms with Gasteiger partial charge in [-0.05, 0) is 57.5 Å². The van der Waals surface area contributed by atoms with Crippen molar-refractivity contribution < 1.29 is 18.4 Å². The Morgan fingerprint density at radius 2 is 1.77 bits per heavy atom. The zero-order chi connectivity index (χ0) is 22.3. The minimum absolute atomic E-state index is 0.0988. The third-order valence-corrected chi connectivity index (χ3v) is 6.88. The van der Waals surface area contributed by atoms with Gasteiger partial charge in [0.05, 0.1) is 45.5 Å². The largest absolute Gasteiger partial charge is 0.490 e. The van der Waals surface area contributed by atoms with Crippen LogP contribution in [-0.2, 0) is 10.0 Å². The molecule has 4 rings (SSSR count). The normalized spacial score (nSPS) is 12.4. The standard InChI is InChI=1S/C23H23N3O4S/c1-14(2)30-21-7-5-6-19-23(21)22-16(4)18(12-25-27)24-13-20(22)26(19)31(28,29)17-10-8-15(3)9-11-17/h5-14,27H,1-4H3/b25-12-. The van der Waals surface area contributed by atoms with Gasteiger partial charge in [-0.2, -0.15) is 0 Å². The lowest BCUT2D eigenvalue weighted by Gasteiger charge is -2.12. The molecule has 0 aliphatic heterocycles. The maximum Gasteiger partial charge on any atom is 0.268 e. The van der Waals surface area contributed by atoms with E-state index in [0.717, 1.165) is 5.56 Å². The first kappa shape index (κ1) is 20.9. The van der Waals surface area contributed by atoms with Gasteiger partial charge in [-0.1, -0.05) is 28.9 Å². The van der Waals surface area contributed by atoms with E-state index in [9.17, 15) is 8.42 Å². The van der Waals surface area contributed by atoms with Gasteiger partial charge in [0.25, 0.3) is 10.0 Å². The number of aromatic nitrogens is 2. The Kier molecular flexibility index (Phi) is 5.18. The van der Waals surface area contributed by atoms with E-state index in [1.54, 1.807) is 36.4 Å². The zero-order valence-electron chi connectivity index (χ0n) is 17.7. The van der Waals surface area contributed by atoms with Gasteiger partial charge in [0, 0.05) is 5.39 Å². The van der Waals surface area contributed by atoms with Crippen molar-refractivity contribution in [3.05, 3.63) is 65.5 Å². The predicted molar refractivity (Wildman–Crippen MR) is 121 cm³/mol. The van der Waals surface area contributed by atoms with Crippen molar-refractivity contribution in [3.8, 4) is 5.75 Å². The lowest BCUT2D eigenvalue weighted by atomic mass is 10.1. The third-order valence-electron chi connectivity index (χ3n) is 5.13. The minimum atomic E-state index is -3.91. The number of nitrogens with zero attached hydrogens (tertiary/aromatic N) is 3. The first-order valence-electron chi connectivity index (χ1n) is 9.84. The van der Waals surface area contributed by atoms with E-state index in [1.165, 1.54) is 16.4 Å². The Bertz CT molecular complexity index is 1420. The van der Waals surface area contributed by atoms with Gasteiger partial charge in [-0.3, -0.25) is 4.98 Å². The molecule has 2 aromatic heterocycles. The van der Waals surface area contributed by atoms with Crippen molar-refractivity contribution in [3.63, 3.8) is 0 Å². The Hall–Kier alpha value is -3.39. The predicted octanol–water partition coefficient (Wildman–Crippen LogP) is 4.64. The molecule has 0 atom stereocenters. The van der Waals surface area contributed by atoms with E-state index in [-0.39, 0.29) is 11.0 Å². The van der Waals surface area contributed by atoms with Gasteiger partial charge in [-0.15, -0.1) is 0 Å². The number of hydrogen-bond donors (Lipinski definition) is 1. The van der Waals surface area contributed by atoms with Crippen LogP contribution in [-0.4, -0.2) is 34.9 Å². The number of ether oxygens (including phenoxy) is 1. The van der Waals surface area contributed by atoms with E-state index in [1.807, 2.05) is 33.8 Å². The molecule has 0 aliphatic carbocycles. The summed E-state index contributed by atoms with van der Waals surface area (Å²) in [5.41, 5.74) is 3.04. The lowest BCUT2D eigenvalue weighted by Crippen LogP contribution is -2.13. The molecule has 0 bridgehead atoms. The molecular formula is C23H23N3O4S. The molecule has 2 heterocycles. The Balaban J connectivity index is 2.17. The summed E-state index contributed by atoms with van der Waals surface area (Å²) >= 11 is 0. The van der Waals surface area contributed by atoms with Crippen LogP contribution in [0.25, 0.3) is 21.8 Å². The van der Waals surface area contributed by atoms with Gasteiger partial charge in [0.2, 0.25) is 0 Å². The summed E-state index contributed by atoms with van der Waals surface area (Å²) in [5.74, 6) is 0.580. The van der Waals surface area contributed by atoms with E-state index in [2.05, 4.69) is 10.1 Å². The average molecular weight is 438 g/mol. The van der Waals surface area contributed by atoms with Gasteiger partial charge >= 0.3 is 0 Å². The second kappa shape index (κ2) is 7.70. The van der Waals surface area contributed by atoms with Crippen LogP contribution in [0.4, 0.5) is 0 Å². The van der Waals surface area contributed by atoms with Crippen LogP contribution >= 0.6 is 0 Å². The van der Waals surface area contributed by atoms with Gasteiger partial charge in [-0.25, -0.2) is 12.4 Å². The van der Waals surface area contributed by atoms with E-state index < -0.39 is 10.0 Å². The Labute approximate surface area is 180 Å². The van der Waals surface area contributed by atoms with E-state index >= 15 is 0 Å². The number of fused-ring (bicyclic) bond motifs is 3. The van der Waals surface area contributed by atoms with Gasteiger partial charge in [0.15, 0.2) is 0 Å². The summed E-state index contributed by atoms with van der Waals surface area (Å²) in [4.78, 5) is 4.51. The van der Waals surface area contributed by atoms with Gasteiger partial charge in [0.1, 0.15) is 5.75 Å². The maximum absolute atomic E-state index is 13.7. The first-order chi connectivity index (χ1) is 14.8. The number of oxime groups is 1. The van der Waals surface area contributed by atoms with E-state index in [0.29, 0.717) is 38.8 Å². The molecule has 0 spiro atoms. The molecule has 1 N–H and O–H groups in total. The second-order valence-electron chi connectivity index (χ2n) is 7.67. The van der Waals surface area contributed by atoms with Crippen LogP contribution in [0.3, 0.4) is 0 Å². The van der Waals surface area contributed by atoms with Crippen LogP contribution in [0.5, 0.6) is 5.75 Å². The fourth-order valence-corrected chi connectivity index (χ4v) is 5.26. The minimum Gasteiger partial charge on any atom is -0.490 e. The van der Waals surface area contributed by atoms with Crippen LogP contribution in [0.2, 0.25) is 0 Å². The second-order valence-corrected chi connectivity index (χ2v) is 9.46. The number of rotatable bonds is 5. The molecule has 31 heavy (non-hydrogen) atoms. The third kappa shape index (κ3) is 3.42. The Morgan fingerprint density at radius 1 is 1.06 bits per heavy atom. The highest BCUT2D eigenvalue weighted by Crippen LogP contribution is 2.40. The molecule has 4 aromatic rings. The van der Waals surface area contributed by atoms with Crippen molar-refractivity contribution in [2.24, 2.45) is 5.16 Å². The zero-order valence-corrected chi connectivity index (χ0v) is 18.5. The van der Waals surface area contributed by atoms with Gasteiger partial charge < -0.3 is 9.94 Å². The summed E-state index contributed by atoms with van der Waals surface area (Å²) in [6.45, 7) is 7.56. The van der Waals surface area contributed by atoms with Crippen LogP contribution in [0.1, 0.15) is 30.7 Å². The number of hydrogen-bond acceptors (Lipinski definition) is 6. The fraction of sp³-hybridized carbons (Fsp3) is 0.217. The van der Waals surface area contributed by atoms with Crippen molar-refractivity contribution >= 4 is 38.0 Å². The average Bonchev–Trinajstić information content (AvgIpc) is 3.07. The summed E-state index contributed by atoms with van der Waals surface area (Å²) < 4.78 is 34.8. The SMILES string of the molecule is Cc1ccc(S(=O)(=O)n2c3cccc(OC(C)C)c3c3c(C)c(/C=N\O)ncc32)cc1. The highest BCUT2D eigenvalue weighted by atomic mass is 32.2. The smallest absolute Gasteiger partial charge is 0.268 e. The lowest BCUT2D eigenvalue weighted by molar-refractivity contribution is 0.245. The van der Waals surface area contributed by atoms with Crippen molar-refractivity contribution in [1.82, 2.24) is 8.96 Å². The maximum atomic E-state index is 13.7. The van der Waals surface area contributed by atoms with Crippen molar-refractivity contribution in [2.75, 3.05) is 0 Å². The summed E-state index contributed by atoms with van der Waals surface area (Å²) in [7, 11) is -3.91. The molecule has 2 aromatic carbocycles. The number of aryl methyl sites for hydroxylation is 2. The number of benzene rings is 2. The topological polar surface area (TPSA) is 93.8 Å². The first-order valence-corrected chi connectivity index (χ1v) is 11.3. The summed E-state index contributed by atoms with van der Waals surface area (Å²) in [5, 5.41) is 13.5. The highest BCUT2D eigenvalue weighted by Gasteiger charge is 2.27. The Morgan fingerprint density at radius 3 is 2.42 bits per heavy atom. The molecule has 160 valence electrons. The molecule has 0 saturated heterocycles. The highest BCUT2D eigenvalue weighted by molar-refractivity contribution is 7.90. The molecule has 8 heteroatoms. The molecule has 0 aliphatic rings. The fourth-order valence-electron chi connectivity index (χ4n) is 3.76. The van der Waals surface area contributed by atoms with Crippen molar-refractivity contribution in [2.45, 2.75) is 38.7 Å². The van der Waals surface area contributed by atoms with Crippen LogP contribution in [0, 0.1) is 13.8 Å². The van der Waals surface area contributed by atoms with E-state index in [4.69, 9.17) is 9.94 Å². The molecule has 0 radical (unpaired) electrons. The molecule has 0 saturated carbocycles. The molecular weight excluding hydrogens is 414 g/mol. The van der Waals surface area contributed by atoms with Crippen molar-refractivity contribution in [1.29, 1.82) is 0 Å². The van der Waals surface area contributed by atoms with Crippen LogP contribution in [0.15, 0.2) is 58.7 Å². The molecule has 0 fully saturated rings. The molecule has 0 amide bonds.